The SMILES string of the molecule is CCCCCCC(COP(O)Oc1ccccc1)C(CC)CCCCC. The quantitative estimate of drug-likeness (QED) is 0.238. The van der Waals surface area contributed by atoms with Gasteiger partial charge in [-0.25, -0.2) is 0 Å². The zero-order valence-electron chi connectivity index (χ0n) is 17.0. The summed E-state index contributed by atoms with van der Waals surface area (Å²) in [4.78, 5) is 10.2. The van der Waals surface area contributed by atoms with Crippen LogP contribution in [-0.2, 0) is 4.52 Å². The Balaban J connectivity index is 2.49. The minimum atomic E-state index is -1.86. The van der Waals surface area contributed by atoms with Gasteiger partial charge in [-0.05, 0) is 30.4 Å². The lowest BCUT2D eigenvalue weighted by Crippen LogP contribution is -2.20. The predicted octanol–water partition coefficient (Wildman–Crippen LogP) is 7.49. The zero-order valence-corrected chi connectivity index (χ0v) is 17.9. The van der Waals surface area contributed by atoms with Crippen LogP contribution in [0.2, 0.25) is 0 Å². The maximum atomic E-state index is 10.2. The van der Waals surface area contributed by atoms with E-state index in [1.54, 1.807) is 0 Å². The molecule has 1 aromatic rings. The molecule has 0 radical (unpaired) electrons. The molecule has 1 rings (SSSR count). The fraction of sp³-hybridized carbons (Fsp3) is 0.727. The maximum absolute atomic E-state index is 10.2. The number of hydrogen-bond acceptors (Lipinski definition) is 3. The smallest absolute Gasteiger partial charge is 0.394 e. The van der Waals surface area contributed by atoms with Crippen molar-refractivity contribution in [2.45, 2.75) is 85.0 Å². The van der Waals surface area contributed by atoms with Crippen LogP contribution < -0.4 is 4.52 Å². The second kappa shape index (κ2) is 15.4. The van der Waals surface area contributed by atoms with Crippen LogP contribution >= 0.6 is 8.60 Å². The molecule has 0 fully saturated rings. The van der Waals surface area contributed by atoms with Gasteiger partial charge < -0.3 is 13.9 Å². The van der Waals surface area contributed by atoms with Gasteiger partial charge in [-0.15, -0.1) is 0 Å². The fourth-order valence-corrected chi connectivity index (χ4v) is 4.15. The van der Waals surface area contributed by atoms with Gasteiger partial charge in [0, 0.05) is 0 Å². The molecule has 1 aromatic carbocycles. The van der Waals surface area contributed by atoms with Gasteiger partial charge in [0.05, 0.1) is 6.61 Å². The van der Waals surface area contributed by atoms with Gasteiger partial charge in [0.15, 0.2) is 0 Å². The average molecular weight is 383 g/mol. The standard InChI is InChI=1S/C22H39O3P/c1-4-7-9-12-16-21(20(6-3)15-11-8-5-2)19-24-26(23)25-22-17-13-10-14-18-22/h10,13-14,17-18,20-21,23H,4-9,11-12,15-16,19H2,1-3H3. The molecule has 26 heavy (non-hydrogen) atoms. The molecule has 0 aliphatic rings. The molecular formula is C22H39O3P. The molecule has 1 N–H and O–H groups in total. The van der Waals surface area contributed by atoms with Gasteiger partial charge in [0.25, 0.3) is 0 Å². The number of benzene rings is 1. The van der Waals surface area contributed by atoms with Crippen LogP contribution in [0.25, 0.3) is 0 Å². The zero-order chi connectivity index (χ0) is 19.0. The van der Waals surface area contributed by atoms with Gasteiger partial charge in [-0.2, -0.15) is 0 Å². The Hall–Kier alpha value is -0.630. The summed E-state index contributed by atoms with van der Waals surface area (Å²) in [5.41, 5.74) is 0. The van der Waals surface area contributed by atoms with Crippen LogP contribution in [0.3, 0.4) is 0 Å². The average Bonchev–Trinajstić information content (AvgIpc) is 2.66. The van der Waals surface area contributed by atoms with Crippen LogP contribution in [0.4, 0.5) is 0 Å². The fourth-order valence-electron chi connectivity index (χ4n) is 3.48. The Kier molecular flexibility index (Phi) is 13.9. The van der Waals surface area contributed by atoms with E-state index >= 15 is 0 Å². The van der Waals surface area contributed by atoms with E-state index in [1.165, 1.54) is 64.2 Å². The molecule has 3 unspecified atom stereocenters. The van der Waals surface area contributed by atoms with E-state index in [9.17, 15) is 4.89 Å². The van der Waals surface area contributed by atoms with Crippen LogP contribution in [0.1, 0.15) is 85.0 Å². The van der Waals surface area contributed by atoms with E-state index in [0.717, 1.165) is 0 Å². The second-order valence-corrected chi connectivity index (χ2v) is 8.13. The van der Waals surface area contributed by atoms with E-state index in [4.69, 9.17) is 9.05 Å². The Bertz CT molecular complexity index is 427. The van der Waals surface area contributed by atoms with E-state index in [1.807, 2.05) is 30.3 Å². The predicted molar refractivity (Wildman–Crippen MR) is 112 cm³/mol. The van der Waals surface area contributed by atoms with Gasteiger partial charge in [0.1, 0.15) is 5.75 Å². The highest BCUT2D eigenvalue weighted by atomic mass is 31.2. The van der Waals surface area contributed by atoms with E-state index in [-0.39, 0.29) is 0 Å². The lowest BCUT2D eigenvalue weighted by molar-refractivity contribution is 0.154. The highest BCUT2D eigenvalue weighted by molar-refractivity contribution is 7.41. The first-order chi connectivity index (χ1) is 12.7. The van der Waals surface area contributed by atoms with E-state index < -0.39 is 8.60 Å². The van der Waals surface area contributed by atoms with Gasteiger partial charge in [-0.3, -0.25) is 0 Å². The molecule has 0 aromatic heterocycles. The summed E-state index contributed by atoms with van der Waals surface area (Å²) < 4.78 is 11.3. The van der Waals surface area contributed by atoms with Crippen molar-refractivity contribution in [3.8, 4) is 5.75 Å². The van der Waals surface area contributed by atoms with Crippen molar-refractivity contribution in [2.75, 3.05) is 6.61 Å². The van der Waals surface area contributed by atoms with Crippen LogP contribution in [0, 0.1) is 11.8 Å². The molecule has 0 bridgehead atoms. The van der Waals surface area contributed by atoms with E-state index in [2.05, 4.69) is 20.8 Å². The van der Waals surface area contributed by atoms with Crippen LogP contribution in [0.5, 0.6) is 5.75 Å². The Morgan fingerprint density at radius 3 is 2.12 bits per heavy atom. The number of unbranched alkanes of at least 4 members (excludes halogenated alkanes) is 5. The van der Waals surface area contributed by atoms with Gasteiger partial charge in [0.2, 0.25) is 0 Å². The number of rotatable bonds is 16. The Morgan fingerprint density at radius 1 is 0.846 bits per heavy atom. The molecule has 0 spiro atoms. The molecule has 0 aliphatic carbocycles. The lowest BCUT2D eigenvalue weighted by atomic mass is 9.83. The summed E-state index contributed by atoms with van der Waals surface area (Å²) in [6, 6.07) is 9.42. The summed E-state index contributed by atoms with van der Waals surface area (Å²) in [5, 5.41) is 0. The molecule has 0 saturated heterocycles. The number of para-hydroxylation sites is 1. The van der Waals surface area contributed by atoms with Crippen molar-refractivity contribution in [3.63, 3.8) is 0 Å². The molecule has 0 aliphatic heterocycles. The largest absolute Gasteiger partial charge is 0.427 e. The van der Waals surface area contributed by atoms with Crippen molar-refractivity contribution < 1.29 is 13.9 Å². The maximum Gasteiger partial charge on any atom is 0.394 e. The monoisotopic (exact) mass is 382 g/mol. The summed E-state index contributed by atoms with van der Waals surface area (Å²) >= 11 is 0. The number of hydrogen-bond donors (Lipinski definition) is 1. The third kappa shape index (κ3) is 10.5. The Morgan fingerprint density at radius 2 is 1.46 bits per heavy atom. The minimum absolute atomic E-state index is 0.519. The van der Waals surface area contributed by atoms with Crippen molar-refractivity contribution in [1.82, 2.24) is 0 Å². The first kappa shape index (κ1) is 23.4. The van der Waals surface area contributed by atoms with Crippen molar-refractivity contribution in [1.29, 1.82) is 0 Å². The van der Waals surface area contributed by atoms with Crippen molar-refractivity contribution in [3.05, 3.63) is 30.3 Å². The second-order valence-electron chi connectivity index (χ2n) is 7.21. The summed E-state index contributed by atoms with van der Waals surface area (Å²) in [6.07, 6.45) is 12.7. The molecule has 3 nitrogen and oxygen atoms in total. The first-order valence-electron chi connectivity index (χ1n) is 10.6. The normalized spacial score (nSPS) is 14.8. The summed E-state index contributed by atoms with van der Waals surface area (Å²) in [5.74, 6) is 1.86. The van der Waals surface area contributed by atoms with Gasteiger partial charge >= 0.3 is 8.60 Å². The Labute approximate surface area is 162 Å². The molecule has 0 saturated carbocycles. The van der Waals surface area contributed by atoms with Crippen molar-refractivity contribution in [2.24, 2.45) is 11.8 Å². The highest BCUT2D eigenvalue weighted by Crippen LogP contribution is 2.37. The molecule has 3 atom stereocenters. The summed E-state index contributed by atoms with van der Waals surface area (Å²) in [7, 11) is -1.86. The minimum Gasteiger partial charge on any atom is -0.427 e. The van der Waals surface area contributed by atoms with Crippen LogP contribution in [-0.4, -0.2) is 11.5 Å². The lowest BCUT2D eigenvalue weighted by Gasteiger charge is -2.27. The molecule has 0 amide bonds. The van der Waals surface area contributed by atoms with Crippen molar-refractivity contribution >= 4 is 8.60 Å². The van der Waals surface area contributed by atoms with Gasteiger partial charge in [-0.1, -0.05) is 96.8 Å². The molecule has 150 valence electrons. The molecule has 4 heteroatoms. The first-order valence-corrected chi connectivity index (χ1v) is 11.7. The van der Waals surface area contributed by atoms with Crippen LogP contribution in [0.15, 0.2) is 30.3 Å². The third-order valence-electron chi connectivity index (χ3n) is 5.12. The molecule has 0 heterocycles. The highest BCUT2D eigenvalue weighted by Gasteiger charge is 2.22. The third-order valence-corrected chi connectivity index (χ3v) is 5.86. The summed E-state index contributed by atoms with van der Waals surface area (Å²) in [6.45, 7) is 7.40. The molecular weight excluding hydrogens is 343 g/mol. The topological polar surface area (TPSA) is 38.7 Å². The van der Waals surface area contributed by atoms with E-state index in [0.29, 0.717) is 24.2 Å².